The van der Waals surface area contributed by atoms with E-state index in [0.29, 0.717) is 13.1 Å². The molecule has 6 rings (SSSR count). The molecule has 52 heavy (non-hydrogen) atoms. The first-order valence-corrected chi connectivity index (χ1v) is 19.9. The van der Waals surface area contributed by atoms with Crippen LogP contribution in [0.2, 0.25) is 0 Å². The first kappa shape index (κ1) is 37.6. The van der Waals surface area contributed by atoms with Gasteiger partial charge in [-0.05, 0) is 65.8 Å². The Bertz CT molecular complexity index is 1760. The van der Waals surface area contributed by atoms with Crippen LogP contribution in [0.4, 0.5) is 9.59 Å². The molecule has 7 atom stereocenters. The Morgan fingerprint density at radius 3 is 2.50 bits per heavy atom. The molecule has 1 saturated carbocycles. The van der Waals surface area contributed by atoms with E-state index >= 15 is 0 Å². The maximum absolute atomic E-state index is 14.5. The number of amides is 4. The lowest BCUT2D eigenvalue weighted by molar-refractivity contribution is -0.142. The van der Waals surface area contributed by atoms with Crippen molar-refractivity contribution in [3.63, 3.8) is 0 Å². The average Bonchev–Trinajstić information content (AvgIpc) is 3.42. The van der Waals surface area contributed by atoms with Gasteiger partial charge in [-0.15, -0.1) is 6.58 Å². The Balaban J connectivity index is 1.30. The zero-order chi connectivity index (χ0) is 37.4. The number of alkyl carbamates (subject to hydrolysis) is 1. The fourth-order valence-electron chi connectivity index (χ4n) is 7.81. The van der Waals surface area contributed by atoms with Crippen LogP contribution in [0.25, 0.3) is 0 Å². The molecule has 1 saturated heterocycles. The van der Waals surface area contributed by atoms with Crippen molar-refractivity contribution in [3.8, 4) is 0 Å². The number of nitrogens with one attached hydrogen (secondary N) is 2. The van der Waals surface area contributed by atoms with Crippen LogP contribution in [0, 0.1) is 17.3 Å². The van der Waals surface area contributed by atoms with E-state index in [1.807, 2.05) is 19.1 Å². The quantitative estimate of drug-likeness (QED) is 0.279. The van der Waals surface area contributed by atoms with Crippen molar-refractivity contribution >= 4 is 36.7 Å². The predicted molar refractivity (Wildman–Crippen MR) is 196 cm³/mol. The van der Waals surface area contributed by atoms with E-state index in [1.54, 1.807) is 62.1 Å². The zero-order valence-corrected chi connectivity index (χ0v) is 31.4. The molecule has 1 unspecified atom stereocenters. The van der Waals surface area contributed by atoms with Crippen LogP contribution >= 0.6 is 7.37 Å². The minimum atomic E-state index is -4.19. The van der Waals surface area contributed by atoms with Gasteiger partial charge in [-0.25, -0.2) is 9.59 Å². The molecule has 2 aromatic carbocycles. The van der Waals surface area contributed by atoms with E-state index in [2.05, 4.69) is 23.3 Å². The van der Waals surface area contributed by atoms with Crippen LogP contribution < -0.4 is 15.9 Å². The molecule has 3 heterocycles. The normalized spacial score (nSPS) is 29.6. The molecule has 12 nitrogen and oxygen atoms in total. The first-order chi connectivity index (χ1) is 24.6. The van der Waals surface area contributed by atoms with Gasteiger partial charge in [0.1, 0.15) is 23.5 Å². The van der Waals surface area contributed by atoms with Gasteiger partial charge in [0.05, 0.1) is 13.2 Å². The highest BCUT2D eigenvalue weighted by Gasteiger charge is 2.66. The van der Waals surface area contributed by atoms with E-state index in [-0.39, 0.29) is 37.2 Å². The minimum Gasteiger partial charge on any atom is -0.449 e. The van der Waals surface area contributed by atoms with Crippen LogP contribution in [0.15, 0.2) is 61.2 Å². The van der Waals surface area contributed by atoms with Crippen molar-refractivity contribution in [2.24, 2.45) is 17.3 Å². The second-order valence-electron chi connectivity index (χ2n) is 15.9. The van der Waals surface area contributed by atoms with Gasteiger partial charge < -0.3 is 29.9 Å². The summed E-state index contributed by atoms with van der Waals surface area (Å²) in [7, 11) is -4.19. The van der Waals surface area contributed by atoms with Gasteiger partial charge >= 0.3 is 12.2 Å². The average molecular weight is 735 g/mol. The van der Waals surface area contributed by atoms with E-state index in [9.17, 15) is 28.6 Å². The summed E-state index contributed by atoms with van der Waals surface area (Å²) in [6.45, 7) is 12.1. The highest BCUT2D eigenvalue weighted by atomic mass is 31.2. The van der Waals surface area contributed by atoms with Crippen molar-refractivity contribution in [1.29, 1.82) is 0 Å². The summed E-state index contributed by atoms with van der Waals surface area (Å²) in [5.41, 5.74) is 2.58. The van der Waals surface area contributed by atoms with E-state index in [1.165, 1.54) is 10.5 Å². The summed E-state index contributed by atoms with van der Waals surface area (Å²) in [5, 5.41) is 4.31. The number of ether oxygens (including phenoxy) is 2. The maximum Gasteiger partial charge on any atom is 0.410 e. The molecule has 3 N–H and O–H groups in total. The Morgan fingerprint density at radius 2 is 1.81 bits per heavy atom. The van der Waals surface area contributed by atoms with Gasteiger partial charge in [-0.3, -0.25) is 19.1 Å². The fourth-order valence-corrected chi connectivity index (χ4v) is 10.1. The van der Waals surface area contributed by atoms with Gasteiger partial charge in [0.25, 0.3) is 7.37 Å². The van der Waals surface area contributed by atoms with Crippen LogP contribution in [-0.4, -0.2) is 75.3 Å². The summed E-state index contributed by atoms with van der Waals surface area (Å²) in [5.74, 6) is -1.58. The van der Waals surface area contributed by atoms with Gasteiger partial charge in [0, 0.05) is 30.7 Å². The Kier molecular flexibility index (Phi) is 10.6. The number of carbonyl (C=O) groups is 4. The third-order valence-corrected chi connectivity index (χ3v) is 13.7. The van der Waals surface area contributed by atoms with Crippen LogP contribution in [0.5, 0.6) is 0 Å². The smallest absolute Gasteiger partial charge is 0.410 e. The maximum atomic E-state index is 14.5. The lowest BCUT2D eigenvalue weighted by Gasteiger charge is -2.35. The second-order valence-corrected chi connectivity index (χ2v) is 18.4. The molecule has 0 spiro atoms. The number of aryl methyl sites for hydroxylation is 1. The van der Waals surface area contributed by atoms with Crippen LogP contribution in [0.1, 0.15) is 76.5 Å². The van der Waals surface area contributed by atoms with Gasteiger partial charge in [0.15, 0.2) is 0 Å². The van der Waals surface area contributed by atoms with Crippen molar-refractivity contribution < 1.29 is 38.1 Å². The van der Waals surface area contributed by atoms with E-state index < -0.39 is 66.2 Å². The molecule has 4 aliphatic rings. The number of hydrogen-bond donors (Lipinski definition) is 3. The minimum absolute atomic E-state index is 0.0376. The molecule has 4 amide bonds. The molecular formula is C39H51N4O8P. The lowest BCUT2D eigenvalue weighted by atomic mass is 9.85. The van der Waals surface area contributed by atoms with Crippen molar-refractivity contribution in [2.75, 3.05) is 13.2 Å². The Morgan fingerprint density at radius 1 is 1.08 bits per heavy atom. The molecule has 0 aromatic heterocycles. The van der Waals surface area contributed by atoms with Crippen molar-refractivity contribution in [3.05, 3.63) is 77.9 Å². The fraction of sp³-hybridized carbons (Fsp3) is 0.538. The topological polar surface area (TPSA) is 155 Å². The zero-order valence-electron chi connectivity index (χ0n) is 30.5. The van der Waals surface area contributed by atoms with E-state index in [4.69, 9.17) is 9.47 Å². The highest BCUT2D eigenvalue weighted by molar-refractivity contribution is 7.68. The first-order valence-electron chi connectivity index (χ1n) is 18.3. The predicted octanol–water partition coefficient (Wildman–Crippen LogP) is 5.23. The molecule has 1 aliphatic carbocycles. The van der Waals surface area contributed by atoms with E-state index in [0.717, 1.165) is 36.8 Å². The van der Waals surface area contributed by atoms with Crippen LogP contribution in [-0.2, 0) is 43.1 Å². The summed E-state index contributed by atoms with van der Waals surface area (Å²) in [6, 6.07) is 12.0. The molecule has 2 fully saturated rings. The summed E-state index contributed by atoms with van der Waals surface area (Å²) < 4.78 is 25.7. The number of hydrogen-bond acceptors (Lipinski definition) is 7. The molecule has 280 valence electrons. The molecule has 0 radical (unpaired) electrons. The van der Waals surface area contributed by atoms with Crippen molar-refractivity contribution in [2.45, 2.75) is 103 Å². The van der Waals surface area contributed by atoms with Gasteiger partial charge in [0.2, 0.25) is 11.8 Å². The number of cyclic esters (lactones) is 1. The summed E-state index contributed by atoms with van der Waals surface area (Å²) in [4.78, 5) is 70.1. The molecule has 2 aromatic rings. The third kappa shape index (κ3) is 7.51. The van der Waals surface area contributed by atoms with Gasteiger partial charge in [-0.1, -0.05) is 76.6 Å². The largest absolute Gasteiger partial charge is 0.449 e. The summed E-state index contributed by atoms with van der Waals surface area (Å²) >= 11 is 0. The number of carbonyl (C=O) groups excluding carboxylic acids is 4. The second kappa shape index (κ2) is 14.7. The molecular weight excluding hydrogens is 683 g/mol. The monoisotopic (exact) mass is 734 g/mol. The van der Waals surface area contributed by atoms with Gasteiger partial charge in [-0.2, -0.15) is 0 Å². The lowest BCUT2D eigenvalue weighted by Crippen LogP contribution is -2.58. The number of benzene rings is 2. The molecule has 13 heteroatoms. The number of rotatable bonds is 5. The molecule has 4 bridgehead atoms. The Labute approximate surface area is 305 Å². The summed E-state index contributed by atoms with van der Waals surface area (Å²) in [6.07, 6.45) is 3.18. The standard InChI is InChI=1S/C39H51N4O8P/c1-6-28-20-39(28,52(48,49)30-17-8-7-9-18-30)41-34(44)32-19-29-22-43(32)35(45)33(38(3,4)5)40-36(46)50-24-25(2)13-10-11-14-26-15-12-16-27-21-42(23-31(26)27)37(47)51-29/h6-9,12,15-18,25,28-29,32-33H,1,10-11,13-14,19-24H2,2-5H3,(H,40,46)(H,41,44)(H,48,49)/t25-,28+,29+,32-,33+,39-/m0/s1. The third-order valence-electron chi connectivity index (χ3n) is 11.0. The highest BCUT2D eigenvalue weighted by Crippen LogP contribution is 2.68. The van der Waals surface area contributed by atoms with Crippen LogP contribution in [0.3, 0.4) is 0 Å². The Hall–Kier alpha value is -4.15. The van der Waals surface area contributed by atoms with Crippen molar-refractivity contribution in [1.82, 2.24) is 20.4 Å². The molecule has 3 aliphatic heterocycles. The number of nitrogens with zero attached hydrogens (tertiary/aromatic N) is 2. The number of fused-ring (bicyclic) bond motifs is 3. The SMILES string of the molecule is C=C[C@@H]1C[C@]1(NC(=O)[C@@H]1C[C@@H]2CN1C(=O)[C@H](C(C)(C)C)NC(=O)OC[C@@H](C)CCCCc1cccc3c1CN(C3)C(=O)O2)P(=O)(O)c1ccccc1.